The molecular formula is C20H29FO3. The van der Waals surface area contributed by atoms with Gasteiger partial charge in [-0.2, -0.15) is 0 Å². The number of hydrogen-bond acceptors (Lipinski definition) is 3. The number of fused-ring (bicyclic) bond motifs is 5. The van der Waals surface area contributed by atoms with E-state index in [-0.39, 0.29) is 35.7 Å². The van der Waals surface area contributed by atoms with Gasteiger partial charge in [-0.15, -0.1) is 0 Å². The van der Waals surface area contributed by atoms with Crippen molar-refractivity contribution in [3.8, 4) is 0 Å². The molecule has 4 heteroatoms. The first-order valence-electron chi connectivity index (χ1n) is 9.52. The van der Waals surface area contributed by atoms with E-state index in [1.165, 1.54) is 0 Å². The number of ketones is 2. The smallest absolute Gasteiger partial charge is 0.177 e. The van der Waals surface area contributed by atoms with Crippen molar-refractivity contribution < 1.29 is 19.1 Å². The lowest BCUT2D eigenvalue weighted by atomic mass is 9.42. The molecule has 0 aromatic heterocycles. The molecule has 1 N–H and O–H groups in total. The largest absolute Gasteiger partial charge is 0.390 e. The molecule has 0 amide bonds. The summed E-state index contributed by atoms with van der Waals surface area (Å²) in [7, 11) is 0. The van der Waals surface area contributed by atoms with E-state index in [0.717, 1.165) is 12.8 Å². The van der Waals surface area contributed by atoms with Crippen LogP contribution in [0.2, 0.25) is 0 Å². The second-order valence-electron chi connectivity index (χ2n) is 9.69. The van der Waals surface area contributed by atoms with Gasteiger partial charge in [0, 0.05) is 36.0 Å². The molecule has 4 rings (SSSR count). The second kappa shape index (κ2) is 4.69. The summed E-state index contributed by atoms with van der Waals surface area (Å²) in [5, 5.41) is 10.9. The number of Topliss-reactive ketones (excluding diaryl/α,β-unsaturated/α-hetero) is 2. The molecule has 7 atom stereocenters. The Hall–Kier alpha value is -0.770. The van der Waals surface area contributed by atoms with E-state index in [4.69, 9.17) is 0 Å². The Bertz CT molecular complexity index is 614. The molecule has 3 nitrogen and oxygen atoms in total. The number of halogens is 1. The minimum Gasteiger partial charge on any atom is -0.390 e. The van der Waals surface area contributed by atoms with Crippen LogP contribution in [0.5, 0.6) is 0 Å². The van der Waals surface area contributed by atoms with Crippen molar-refractivity contribution in [3.63, 3.8) is 0 Å². The van der Waals surface area contributed by atoms with Crippen molar-refractivity contribution in [1.29, 1.82) is 0 Å². The van der Waals surface area contributed by atoms with Gasteiger partial charge < -0.3 is 5.11 Å². The fourth-order valence-electron chi connectivity index (χ4n) is 6.98. The zero-order chi connectivity index (χ0) is 17.5. The monoisotopic (exact) mass is 336 g/mol. The third kappa shape index (κ3) is 1.71. The third-order valence-electron chi connectivity index (χ3n) is 8.88. The van der Waals surface area contributed by atoms with Crippen molar-refractivity contribution >= 4 is 11.6 Å². The van der Waals surface area contributed by atoms with Gasteiger partial charge in [-0.1, -0.05) is 13.8 Å². The lowest BCUT2D eigenvalue weighted by molar-refractivity contribution is -0.205. The molecule has 0 radical (unpaired) electrons. The molecule has 0 bridgehead atoms. The third-order valence-corrected chi connectivity index (χ3v) is 8.88. The number of aliphatic hydroxyl groups is 1. The summed E-state index contributed by atoms with van der Waals surface area (Å²) in [6, 6.07) is 0. The van der Waals surface area contributed by atoms with Crippen LogP contribution in [0.15, 0.2) is 0 Å². The standard InChI is InChI=1S/C20H29FO3/c1-17-8-6-13(22)10-12(17)4-5-15-14-7-9-19(3,24)18(14,2)11-16(23)20(15,17)21/h12,14-15,24H,4-11H2,1-3H3/t12-,14+,15+,17+,18+,19-,20+/m1/s1. The van der Waals surface area contributed by atoms with Crippen LogP contribution < -0.4 is 0 Å². The zero-order valence-corrected chi connectivity index (χ0v) is 15.0. The van der Waals surface area contributed by atoms with Crippen LogP contribution in [0.4, 0.5) is 4.39 Å². The van der Waals surface area contributed by atoms with Crippen molar-refractivity contribution in [1.82, 2.24) is 0 Å². The van der Waals surface area contributed by atoms with E-state index in [1.807, 2.05) is 20.8 Å². The minimum absolute atomic E-state index is 0.00443. The van der Waals surface area contributed by atoms with Gasteiger partial charge >= 0.3 is 0 Å². The molecule has 0 unspecified atom stereocenters. The second-order valence-corrected chi connectivity index (χ2v) is 9.69. The minimum atomic E-state index is -1.82. The van der Waals surface area contributed by atoms with Gasteiger partial charge in [-0.25, -0.2) is 4.39 Å². The molecule has 4 aliphatic rings. The number of carbonyl (C=O) groups is 2. The van der Waals surface area contributed by atoms with Gasteiger partial charge in [0.1, 0.15) is 5.78 Å². The van der Waals surface area contributed by atoms with Crippen LogP contribution in [0.1, 0.15) is 72.1 Å². The Balaban J connectivity index is 1.79. The number of hydrogen-bond donors (Lipinski definition) is 1. The van der Waals surface area contributed by atoms with Gasteiger partial charge in [0.2, 0.25) is 0 Å². The molecule has 0 aromatic rings. The van der Waals surface area contributed by atoms with Gasteiger partial charge in [-0.05, 0) is 50.9 Å². The summed E-state index contributed by atoms with van der Waals surface area (Å²) in [4.78, 5) is 25.0. The maximum atomic E-state index is 16.6. The van der Waals surface area contributed by atoms with E-state index in [9.17, 15) is 14.7 Å². The van der Waals surface area contributed by atoms with Crippen LogP contribution in [-0.4, -0.2) is 27.9 Å². The van der Waals surface area contributed by atoms with Gasteiger partial charge in [-0.3, -0.25) is 9.59 Å². The predicted molar refractivity (Wildman–Crippen MR) is 88.1 cm³/mol. The van der Waals surface area contributed by atoms with E-state index in [0.29, 0.717) is 32.1 Å². The number of rotatable bonds is 0. The molecule has 0 spiro atoms. The average molecular weight is 336 g/mol. The predicted octanol–water partition coefficient (Wildman–Crippen LogP) is 3.62. The highest BCUT2D eigenvalue weighted by atomic mass is 19.1. The fourth-order valence-corrected chi connectivity index (χ4v) is 6.98. The summed E-state index contributed by atoms with van der Waals surface area (Å²) < 4.78 is 16.6. The molecule has 4 saturated carbocycles. The normalized spacial score (nSPS) is 57.3. The first-order valence-corrected chi connectivity index (χ1v) is 9.52. The summed E-state index contributed by atoms with van der Waals surface area (Å²) in [5.41, 5.74) is -3.94. The van der Waals surface area contributed by atoms with E-state index >= 15 is 4.39 Å². The lowest BCUT2D eigenvalue weighted by Gasteiger charge is -2.62. The van der Waals surface area contributed by atoms with Crippen LogP contribution in [0, 0.1) is 28.6 Å². The quantitative estimate of drug-likeness (QED) is 0.735. The van der Waals surface area contributed by atoms with Gasteiger partial charge in [0.05, 0.1) is 5.60 Å². The van der Waals surface area contributed by atoms with Crippen molar-refractivity contribution in [2.45, 2.75) is 83.4 Å². The van der Waals surface area contributed by atoms with E-state index < -0.39 is 22.1 Å². The average Bonchev–Trinajstić information content (AvgIpc) is 2.72. The lowest BCUT2D eigenvalue weighted by Crippen LogP contribution is -2.68. The van der Waals surface area contributed by atoms with Crippen LogP contribution in [0.3, 0.4) is 0 Å². The van der Waals surface area contributed by atoms with Gasteiger partial charge in [0.15, 0.2) is 11.5 Å². The van der Waals surface area contributed by atoms with Crippen molar-refractivity contribution in [2.75, 3.05) is 0 Å². The van der Waals surface area contributed by atoms with Crippen LogP contribution in [0.25, 0.3) is 0 Å². The Morgan fingerprint density at radius 1 is 1.00 bits per heavy atom. The van der Waals surface area contributed by atoms with Crippen LogP contribution >= 0.6 is 0 Å². The van der Waals surface area contributed by atoms with Crippen LogP contribution in [-0.2, 0) is 9.59 Å². The topological polar surface area (TPSA) is 54.4 Å². The van der Waals surface area contributed by atoms with Gasteiger partial charge in [0.25, 0.3) is 0 Å². The van der Waals surface area contributed by atoms with E-state index in [2.05, 4.69) is 0 Å². The van der Waals surface area contributed by atoms with Crippen molar-refractivity contribution in [3.05, 3.63) is 0 Å². The van der Waals surface area contributed by atoms with Crippen molar-refractivity contribution in [2.24, 2.45) is 28.6 Å². The first kappa shape index (κ1) is 16.7. The zero-order valence-electron chi connectivity index (χ0n) is 15.0. The molecule has 0 aliphatic heterocycles. The fraction of sp³-hybridized carbons (Fsp3) is 0.900. The molecule has 0 heterocycles. The Morgan fingerprint density at radius 3 is 2.42 bits per heavy atom. The number of carbonyl (C=O) groups excluding carboxylic acids is 2. The number of alkyl halides is 1. The molecular weight excluding hydrogens is 307 g/mol. The SMILES string of the molecule is C[C@]12CCC(=O)C[C@H]1CC[C@H]1[C@@H]3CC[C@@](C)(O)[C@@]3(C)CC(=O)[C@@]12F. The molecule has 134 valence electrons. The molecule has 0 saturated heterocycles. The summed E-state index contributed by atoms with van der Waals surface area (Å²) >= 11 is 0. The summed E-state index contributed by atoms with van der Waals surface area (Å²) in [5.74, 6) is -0.334. The highest BCUT2D eigenvalue weighted by Gasteiger charge is 2.73. The maximum absolute atomic E-state index is 16.6. The Labute approximate surface area is 143 Å². The molecule has 4 fully saturated rings. The van der Waals surface area contributed by atoms with E-state index in [1.54, 1.807) is 0 Å². The highest BCUT2D eigenvalue weighted by Crippen LogP contribution is 2.69. The molecule has 4 aliphatic carbocycles. The maximum Gasteiger partial charge on any atom is 0.177 e. The molecule has 0 aromatic carbocycles. The first-order chi connectivity index (χ1) is 11.1. The summed E-state index contributed by atoms with van der Waals surface area (Å²) in [6.07, 6.45) is 4.41. The molecule has 24 heavy (non-hydrogen) atoms. The summed E-state index contributed by atoms with van der Waals surface area (Å²) in [6.45, 7) is 5.73. The Kier molecular flexibility index (Phi) is 3.26. The Morgan fingerprint density at radius 2 is 1.71 bits per heavy atom. The highest BCUT2D eigenvalue weighted by molar-refractivity contribution is 5.91.